The number of carbonyl (C=O) groups excluding carboxylic acids is 1. The van der Waals surface area contributed by atoms with Crippen LogP contribution < -0.4 is 4.90 Å². The van der Waals surface area contributed by atoms with Gasteiger partial charge in [0.15, 0.2) is 5.65 Å². The number of H-pyrrole nitrogens is 1. The minimum Gasteiger partial charge on any atom is -0.444 e. The van der Waals surface area contributed by atoms with Gasteiger partial charge in [-0.05, 0) is 69.2 Å². The summed E-state index contributed by atoms with van der Waals surface area (Å²) in [5.41, 5.74) is 7.64. The van der Waals surface area contributed by atoms with Gasteiger partial charge in [0, 0.05) is 59.9 Å². The van der Waals surface area contributed by atoms with Crippen LogP contribution in [0.25, 0.3) is 50.2 Å². The zero-order valence-corrected chi connectivity index (χ0v) is 25.9. The van der Waals surface area contributed by atoms with E-state index in [9.17, 15) is 4.79 Å². The second-order valence-corrected chi connectivity index (χ2v) is 13.1. The lowest BCUT2D eigenvalue weighted by Gasteiger charge is -2.36. The summed E-state index contributed by atoms with van der Waals surface area (Å²) in [6, 6.07) is 18.8. The number of aromatic nitrogens is 6. The quantitative estimate of drug-likeness (QED) is 0.230. The van der Waals surface area contributed by atoms with E-state index < -0.39 is 5.60 Å². The molecule has 2 aliphatic heterocycles. The molecule has 2 saturated heterocycles. The third-order valence-electron chi connectivity index (χ3n) is 8.67. The van der Waals surface area contributed by atoms with Crippen molar-refractivity contribution in [1.29, 1.82) is 0 Å². The van der Waals surface area contributed by atoms with Gasteiger partial charge >= 0.3 is 6.09 Å². The molecule has 2 bridgehead atoms. The third-order valence-corrected chi connectivity index (χ3v) is 8.98. The number of pyridine rings is 1. The number of piperazine rings is 1. The first kappa shape index (κ1) is 27.6. The van der Waals surface area contributed by atoms with E-state index in [4.69, 9.17) is 26.4 Å². The largest absolute Gasteiger partial charge is 0.444 e. The summed E-state index contributed by atoms with van der Waals surface area (Å²) in [5.74, 6) is 0. The van der Waals surface area contributed by atoms with Crippen LogP contribution in [0.15, 0.2) is 79.4 Å². The zero-order valence-electron chi connectivity index (χ0n) is 25.1. The maximum absolute atomic E-state index is 12.7. The summed E-state index contributed by atoms with van der Waals surface area (Å²) in [6.07, 6.45) is 7.88. The van der Waals surface area contributed by atoms with Crippen LogP contribution in [0.5, 0.6) is 0 Å². The highest BCUT2D eigenvalue weighted by molar-refractivity contribution is 6.35. The number of likely N-dealkylation sites (tertiary alicyclic amines) is 1. The fourth-order valence-corrected chi connectivity index (χ4v) is 6.90. The van der Waals surface area contributed by atoms with Crippen molar-refractivity contribution in [1.82, 2.24) is 34.7 Å². The summed E-state index contributed by atoms with van der Waals surface area (Å²) in [4.78, 5) is 26.1. The molecule has 0 spiro atoms. The Morgan fingerprint density at radius 1 is 0.956 bits per heavy atom. The molecule has 2 aliphatic rings. The highest BCUT2D eigenvalue weighted by Crippen LogP contribution is 2.41. The van der Waals surface area contributed by atoms with E-state index in [1.54, 1.807) is 18.6 Å². The van der Waals surface area contributed by atoms with Crippen LogP contribution in [-0.2, 0) is 4.74 Å². The smallest absolute Gasteiger partial charge is 0.410 e. The molecule has 1 N–H and O–H groups in total. The normalized spacial score (nSPS) is 18.0. The Morgan fingerprint density at radius 3 is 2.49 bits per heavy atom. The Hall–Kier alpha value is -4.96. The first-order valence-electron chi connectivity index (χ1n) is 15.0. The molecule has 2 fully saturated rings. The van der Waals surface area contributed by atoms with Gasteiger partial charge in [-0.3, -0.25) is 10.1 Å². The van der Waals surface area contributed by atoms with E-state index in [0.717, 1.165) is 68.8 Å². The van der Waals surface area contributed by atoms with Crippen LogP contribution in [0.1, 0.15) is 27.2 Å². The number of anilines is 1. The minimum absolute atomic E-state index is 0.160. The van der Waals surface area contributed by atoms with Crippen molar-refractivity contribution in [2.45, 2.75) is 44.9 Å². The second kappa shape index (κ2) is 10.3. The molecule has 2 aromatic carbocycles. The number of carbonyl (C=O) groups is 1. The second-order valence-electron chi connectivity index (χ2n) is 12.7. The van der Waals surface area contributed by atoms with E-state index in [2.05, 4.69) is 44.3 Å². The van der Waals surface area contributed by atoms with E-state index in [1.165, 1.54) is 0 Å². The Bertz CT molecular complexity index is 2070. The van der Waals surface area contributed by atoms with Gasteiger partial charge in [-0.15, -0.1) is 0 Å². The molecule has 10 nitrogen and oxygen atoms in total. The number of nitrogens with one attached hydrogen (secondary N) is 1. The van der Waals surface area contributed by atoms with Crippen molar-refractivity contribution >= 4 is 39.9 Å². The molecule has 4 aromatic heterocycles. The van der Waals surface area contributed by atoms with Gasteiger partial charge in [-0.1, -0.05) is 29.8 Å². The van der Waals surface area contributed by atoms with Crippen LogP contribution in [0.4, 0.5) is 10.5 Å². The van der Waals surface area contributed by atoms with Crippen molar-refractivity contribution in [2.24, 2.45) is 0 Å². The Kier molecular flexibility index (Phi) is 6.32. The van der Waals surface area contributed by atoms with Gasteiger partial charge in [0.25, 0.3) is 0 Å². The molecule has 1 amide bonds. The summed E-state index contributed by atoms with van der Waals surface area (Å²) in [7, 11) is 0. The Balaban J connectivity index is 1.15. The van der Waals surface area contributed by atoms with Gasteiger partial charge < -0.3 is 14.5 Å². The monoisotopic (exact) mass is 618 g/mol. The number of rotatable bonds is 4. The van der Waals surface area contributed by atoms with E-state index in [0.29, 0.717) is 11.6 Å². The van der Waals surface area contributed by atoms with Crippen LogP contribution in [-0.4, -0.2) is 71.5 Å². The number of nitrogens with zero attached hydrogens (tertiary/aromatic N) is 7. The van der Waals surface area contributed by atoms with E-state index in [1.807, 2.05) is 66.7 Å². The number of amides is 1. The number of aromatic amines is 1. The summed E-state index contributed by atoms with van der Waals surface area (Å²) in [6.45, 7) is 7.19. The topological polar surface area (TPSA) is 105 Å². The Labute approximate surface area is 264 Å². The molecule has 0 radical (unpaired) electrons. The lowest BCUT2D eigenvalue weighted by atomic mass is 9.99. The van der Waals surface area contributed by atoms with Gasteiger partial charge in [-0.25, -0.2) is 14.3 Å². The third kappa shape index (κ3) is 4.67. The zero-order chi connectivity index (χ0) is 30.9. The fraction of sp³-hybridized carbons (Fsp3) is 0.265. The number of ether oxygens (including phenoxy) is 1. The highest BCUT2D eigenvalue weighted by atomic mass is 35.5. The molecular weight excluding hydrogens is 588 g/mol. The lowest BCUT2D eigenvalue weighted by molar-refractivity contribution is 0.0214. The van der Waals surface area contributed by atoms with Crippen molar-refractivity contribution in [3.63, 3.8) is 0 Å². The van der Waals surface area contributed by atoms with Gasteiger partial charge in [0.1, 0.15) is 11.3 Å². The minimum atomic E-state index is -0.498. The van der Waals surface area contributed by atoms with Crippen molar-refractivity contribution in [3.05, 3.63) is 84.4 Å². The maximum Gasteiger partial charge on any atom is 0.410 e. The first-order valence-corrected chi connectivity index (χ1v) is 15.4. The van der Waals surface area contributed by atoms with Gasteiger partial charge in [0.2, 0.25) is 0 Å². The molecule has 8 rings (SSSR count). The molecule has 0 aliphatic carbocycles. The van der Waals surface area contributed by atoms with Crippen molar-refractivity contribution in [3.8, 4) is 33.6 Å². The number of halogens is 1. The molecule has 45 heavy (non-hydrogen) atoms. The molecule has 6 heterocycles. The molecule has 11 heteroatoms. The number of fused-ring (bicyclic) bond motifs is 4. The molecule has 2 atom stereocenters. The predicted octanol–water partition coefficient (Wildman–Crippen LogP) is 6.85. The van der Waals surface area contributed by atoms with Gasteiger partial charge in [-0.2, -0.15) is 10.2 Å². The van der Waals surface area contributed by atoms with Gasteiger partial charge in [0.05, 0.1) is 34.0 Å². The standard InChI is InChI=1S/C34H31ClN8O2/c1-34(2,3)45-33(44)42-19-23-16-24(42)18-41(23)22-6-4-20(5-7-22)28-12-15-37-32-29(25-8-9-27(35)31-26(25)17-38-39-31)30(40-43(28)32)21-10-13-36-14-11-21/h4-15,17,23-24H,16,18-19H2,1-3H3,(H,38,39)/t23-,24+/m0/s1. The highest BCUT2D eigenvalue weighted by Gasteiger charge is 2.46. The molecular formula is C34H31ClN8O2. The van der Waals surface area contributed by atoms with Crippen LogP contribution in [0.3, 0.4) is 0 Å². The average Bonchev–Trinajstić information content (AvgIpc) is 3.84. The number of hydrogen-bond acceptors (Lipinski definition) is 7. The summed E-state index contributed by atoms with van der Waals surface area (Å²) < 4.78 is 7.56. The average molecular weight is 619 g/mol. The molecule has 226 valence electrons. The Morgan fingerprint density at radius 2 is 1.76 bits per heavy atom. The van der Waals surface area contributed by atoms with E-state index in [-0.39, 0.29) is 18.2 Å². The molecule has 0 unspecified atom stereocenters. The lowest BCUT2D eigenvalue weighted by Crippen LogP contribution is -2.50. The van der Waals surface area contributed by atoms with Crippen LogP contribution in [0.2, 0.25) is 5.02 Å². The molecule has 6 aromatic rings. The van der Waals surface area contributed by atoms with E-state index >= 15 is 0 Å². The number of hydrogen-bond donors (Lipinski definition) is 1. The SMILES string of the molecule is CC(C)(C)OC(=O)N1C[C@@H]2C[C@@H]1CN2c1ccc(-c2ccnc3c(-c4ccc(Cl)c5[nH]ncc45)c(-c4ccncc4)nn23)cc1. The maximum atomic E-state index is 12.7. The number of benzene rings is 2. The fourth-order valence-electron chi connectivity index (χ4n) is 6.69. The van der Waals surface area contributed by atoms with Crippen LogP contribution >= 0.6 is 11.6 Å². The first-order chi connectivity index (χ1) is 21.7. The predicted molar refractivity (Wildman–Crippen MR) is 174 cm³/mol. The summed E-state index contributed by atoms with van der Waals surface area (Å²) in [5, 5.41) is 13.9. The summed E-state index contributed by atoms with van der Waals surface area (Å²) >= 11 is 6.49. The molecule has 0 saturated carbocycles. The van der Waals surface area contributed by atoms with Crippen molar-refractivity contribution in [2.75, 3.05) is 18.0 Å². The van der Waals surface area contributed by atoms with Crippen LogP contribution in [0, 0.1) is 0 Å². The van der Waals surface area contributed by atoms with Crippen molar-refractivity contribution < 1.29 is 9.53 Å².